The largest absolute Gasteiger partial charge is 0.327 e. The summed E-state index contributed by atoms with van der Waals surface area (Å²) in [7, 11) is 0. The minimum atomic E-state index is 0.372. The molecule has 19 heavy (non-hydrogen) atoms. The monoisotopic (exact) mass is 251 g/mol. The van der Waals surface area contributed by atoms with E-state index in [1.165, 1.54) is 35.6 Å². The quantitative estimate of drug-likeness (QED) is 0.883. The van der Waals surface area contributed by atoms with Crippen LogP contribution in [0.5, 0.6) is 0 Å². The van der Waals surface area contributed by atoms with Gasteiger partial charge in [-0.2, -0.15) is 0 Å². The minimum absolute atomic E-state index is 0.372. The van der Waals surface area contributed by atoms with Gasteiger partial charge in [-0.15, -0.1) is 0 Å². The van der Waals surface area contributed by atoms with Crippen LogP contribution in [0.15, 0.2) is 42.5 Å². The van der Waals surface area contributed by atoms with Crippen LogP contribution in [0.2, 0.25) is 0 Å². The summed E-state index contributed by atoms with van der Waals surface area (Å²) in [6, 6.07) is 15.7. The smallest absolute Gasteiger partial charge is 0.0113 e. The predicted molar refractivity (Wildman–Crippen MR) is 79.9 cm³/mol. The summed E-state index contributed by atoms with van der Waals surface area (Å²) in [6.45, 7) is 0. The maximum Gasteiger partial charge on any atom is 0.0113 e. The maximum atomic E-state index is 6.45. The van der Waals surface area contributed by atoms with Crippen molar-refractivity contribution in [2.24, 2.45) is 23.5 Å². The Hall–Kier alpha value is -1.34. The van der Waals surface area contributed by atoms with Gasteiger partial charge in [0.1, 0.15) is 0 Å². The Bertz CT molecular complexity index is 593. The zero-order valence-electron chi connectivity index (χ0n) is 11.3. The van der Waals surface area contributed by atoms with Crippen LogP contribution in [0.25, 0.3) is 10.8 Å². The molecule has 1 nitrogen and oxygen atoms in total. The molecule has 0 spiro atoms. The fourth-order valence-corrected chi connectivity index (χ4v) is 4.29. The third kappa shape index (κ3) is 1.97. The SMILES string of the molecule is NC(Cc1ccc2ccccc2c1)C1C2CCCC21. The third-order valence-electron chi connectivity index (χ3n) is 5.25. The Kier molecular flexibility index (Phi) is 2.63. The number of rotatable bonds is 3. The van der Waals surface area contributed by atoms with Crippen LogP contribution < -0.4 is 5.73 Å². The van der Waals surface area contributed by atoms with Crippen molar-refractivity contribution in [2.75, 3.05) is 0 Å². The molecule has 2 aliphatic rings. The second-order valence-electron chi connectivity index (χ2n) is 6.39. The molecule has 3 unspecified atom stereocenters. The first-order valence-electron chi connectivity index (χ1n) is 7.56. The number of hydrogen-bond acceptors (Lipinski definition) is 1. The maximum absolute atomic E-state index is 6.45. The highest BCUT2D eigenvalue weighted by molar-refractivity contribution is 5.82. The van der Waals surface area contributed by atoms with Gasteiger partial charge in [-0.3, -0.25) is 0 Å². The summed E-state index contributed by atoms with van der Waals surface area (Å²) >= 11 is 0. The highest BCUT2D eigenvalue weighted by atomic mass is 14.7. The van der Waals surface area contributed by atoms with Crippen LogP contribution in [-0.4, -0.2) is 6.04 Å². The Morgan fingerprint density at radius 1 is 1.00 bits per heavy atom. The van der Waals surface area contributed by atoms with Gasteiger partial charge in [-0.1, -0.05) is 48.9 Å². The summed E-state index contributed by atoms with van der Waals surface area (Å²) in [5.41, 5.74) is 7.84. The van der Waals surface area contributed by atoms with Crippen molar-refractivity contribution in [3.8, 4) is 0 Å². The van der Waals surface area contributed by atoms with Crippen LogP contribution in [-0.2, 0) is 6.42 Å². The number of nitrogens with two attached hydrogens (primary N) is 1. The molecule has 0 aromatic heterocycles. The van der Waals surface area contributed by atoms with E-state index in [1.54, 1.807) is 0 Å². The molecule has 2 fully saturated rings. The molecule has 0 amide bonds. The first kappa shape index (κ1) is 11.5. The number of hydrogen-bond donors (Lipinski definition) is 1. The molecule has 2 saturated carbocycles. The van der Waals surface area contributed by atoms with Crippen molar-refractivity contribution in [2.45, 2.75) is 31.7 Å². The van der Waals surface area contributed by atoms with Crippen LogP contribution >= 0.6 is 0 Å². The molecule has 0 aliphatic heterocycles. The lowest BCUT2D eigenvalue weighted by molar-refractivity contribution is 0.484. The normalized spacial score (nSPS) is 30.3. The van der Waals surface area contributed by atoms with Crippen molar-refractivity contribution in [3.63, 3.8) is 0 Å². The Labute approximate surface area is 114 Å². The van der Waals surface area contributed by atoms with Crippen LogP contribution in [0.4, 0.5) is 0 Å². The molecule has 2 aromatic rings. The number of benzene rings is 2. The number of fused-ring (bicyclic) bond motifs is 2. The molecule has 2 aromatic carbocycles. The van der Waals surface area contributed by atoms with Gasteiger partial charge in [0.05, 0.1) is 0 Å². The zero-order chi connectivity index (χ0) is 12.8. The first-order chi connectivity index (χ1) is 9.33. The second kappa shape index (κ2) is 4.35. The molecule has 3 atom stereocenters. The molecular weight excluding hydrogens is 230 g/mol. The van der Waals surface area contributed by atoms with E-state index in [9.17, 15) is 0 Å². The fourth-order valence-electron chi connectivity index (χ4n) is 4.29. The molecule has 2 N–H and O–H groups in total. The van der Waals surface area contributed by atoms with Crippen LogP contribution in [0, 0.1) is 17.8 Å². The van der Waals surface area contributed by atoms with Crippen LogP contribution in [0.3, 0.4) is 0 Å². The van der Waals surface area contributed by atoms with E-state index < -0.39 is 0 Å². The summed E-state index contributed by atoms with van der Waals surface area (Å²) in [4.78, 5) is 0. The van der Waals surface area contributed by atoms with Gasteiger partial charge in [0.15, 0.2) is 0 Å². The van der Waals surface area contributed by atoms with Gasteiger partial charge in [-0.25, -0.2) is 0 Å². The average molecular weight is 251 g/mol. The highest BCUT2D eigenvalue weighted by Crippen LogP contribution is 2.58. The van der Waals surface area contributed by atoms with Gasteiger partial charge in [0, 0.05) is 6.04 Å². The zero-order valence-corrected chi connectivity index (χ0v) is 11.3. The molecule has 0 saturated heterocycles. The Morgan fingerprint density at radius 3 is 2.53 bits per heavy atom. The van der Waals surface area contributed by atoms with Gasteiger partial charge in [-0.05, 0) is 53.4 Å². The van der Waals surface area contributed by atoms with E-state index in [2.05, 4.69) is 42.5 Å². The Balaban J connectivity index is 1.51. The lowest BCUT2D eigenvalue weighted by Crippen LogP contribution is -2.27. The molecule has 1 heteroatoms. The minimum Gasteiger partial charge on any atom is -0.327 e. The standard InChI is InChI=1S/C18H21N/c19-17(18-15-6-3-7-16(15)18)11-12-8-9-13-4-1-2-5-14(13)10-12/h1-2,4-5,8-10,15-18H,3,6-7,11,19H2. The van der Waals surface area contributed by atoms with Gasteiger partial charge < -0.3 is 5.73 Å². The third-order valence-corrected chi connectivity index (χ3v) is 5.25. The summed E-state index contributed by atoms with van der Waals surface area (Å²) in [5, 5.41) is 2.66. The van der Waals surface area contributed by atoms with E-state index in [0.29, 0.717) is 6.04 Å². The second-order valence-corrected chi connectivity index (χ2v) is 6.39. The lowest BCUT2D eigenvalue weighted by Gasteiger charge is -2.14. The topological polar surface area (TPSA) is 26.0 Å². The average Bonchev–Trinajstić information content (AvgIpc) is 2.93. The van der Waals surface area contributed by atoms with Crippen molar-refractivity contribution >= 4 is 10.8 Å². The van der Waals surface area contributed by atoms with E-state index in [-0.39, 0.29) is 0 Å². The van der Waals surface area contributed by atoms with E-state index in [4.69, 9.17) is 5.73 Å². The summed E-state index contributed by atoms with van der Waals surface area (Å²) in [6.07, 6.45) is 5.35. The molecule has 4 rings (SSSR count). The molecule has 0 radical (unpaired) electrons. The Morgan fingerprint density at radius 2 is 1.74 bits per heavy atom. The first-order valence-corrected chi connectivity index (χ1v) is 7.56. The molecular formula is C18H21N. The molecule has 0 bridgehead atoms. The van der Waals surface area contributed by atoms with E-state index in [1.807, 2.05) is 0 Å². The fraction of sp³-hybridized carbons (Fsp3) is 0.444. The summed E-state index contributed by atoms with van der Waals surface area (Å²) in [5.74, 6) is 2.76. The molecule has 98 valence electrons. The van der Waals surface area contributed by atoms with E-state index >= 15 is 0 Å². The van der Waals surface area contributed by atoms with Crippen molar-refractivity contribution in [1.82, 2.24) is 0 Å². The molecule has 2 aliphatic carbocycles. The predicted octanol–water partition coefficient (Wildman–Crippen LogP) is 3.76. The van der Waals surface area contributed by atoms with Crippen molar-refractivity contribution in [1.29, 1.82) is 0 Å². The van der Waals surface area contributed by atoms with Crippen LogP contribution in [0.1, 0.15) is 24.8 Å². The van der Waals surface area contributed by atoms with Gasteiger partial charge >= 0.3 is 0 Å². The van der Waals surface area contributed by atoms with Crippen molar-refractivity contribution in [3.05, 3.63) is 48.0 Å². The highest BCUT2D eigenvalue weighted by Gasteiger charge is 2.54. The van der Waals surface area contributed by atoms with Gasteiger partial charge in [0.25, 0.3) is 0 Å². The van der Waals surface area contributed by atoms with Crippen molar-refractivity contribution < 1.29 is 0 Å². The summed E-state index contributed by atoms with van der Waals surface area (Å²) < 4.78 is 0. The van der Waals surface area contributed by atoms with Gasteiger partial charge in [0.2, 0.25) is 0 Å². The molecule has 0 heterocycles. The van der Waals surface area contributed by atoms with E-state index in [0.717, 1.165) is 24.2 Å². The lowest BCUT2D eigenvalue weighted by atomic mass is 9.96.